The molecule has 1 aliphatic rings. The summed E-state index contributed by atoms with van der Waals surface area (Å²) < 4.78 is 0. The number of aryl methyl sites for hydroxylation is 1. The molecular formula is C24H31N3O2. The molecule has 1 heterocycles. The predicted molar refractivity (Wildman–Crippen MR) is 117 cm³/mol. The first-order valence-electron chi connectivity index (χ1n) is 10.6. The molecule has 0 radical (unpaired) electrons. The molecule has 154 valence electrons. The number of anilines is 1. The van der Waals surface area contributed by atoms with Crippen LogP contribution in [0.5, 0.6) is 0 Å². The fourth-order valence-electron chi connectivity index (χ4n) is 3.60. The van der Waals surface area contributed by atoms with Crippen LogP contribution in [0.3, 0.4) is 0 Å². The molecule has 3 rings (SSSR count). The van der Waals surface area contributed by atoms with E-state index in [0.29, 0.717) is 17.8 Å². The zero-order chi connectivity index (χ0) is 20.5. The molecule has 0 aliphatic carbocycles. The lowest BCUT2D eigenvalue weighted by atomic mass is 10.1. The summed E-state index contributed by atoms with van der Waals surface area (Å²) in [5.41, 5.74) is 3.50. The van der Waals surface area contributed by atoms with Gasteiger partial charge in [-0.2, -0.15) is 0 Å². The Labute approximate surface area is 173 Å². The van der Waals surface area contributed by atoms with E-state index < -0.39 is 0 Å². The number of amides is 2. The van der Waals surface area contributed by atoms with Gasteiger partial charge in [-0.3, -0.25) is 9.59 Å². The van der Waals surface area contributed by atoms with Crippen LogP contribution in [0.1, 0.15) is 53.6 Å². The van der Waals surface area contributed by atoms with E-state index in [1.807, 2.05) is 54.3 Å². The quantitative estimate of drug-likeness (QED) is 0.776. The first kappa shape index (κ1) is 20.9. The Bertz CT molecular complexity index is 809. The Morgan fingerprint density at radius 1 is 0.897 bits per heavy atom. The number of likely N-dealkylation sites (tertiary alicyclic amines) is 1. The van der Waals surface area contributed by atoms with Gasteiger partial charge < -0.3 is 15.5 Å². The van der Waals surface area contributed by atoms with Gasteiger partial charge in [-0.1, -0.05) is 61.2 Å². The van der Waals surface area contributed by atoms with E-state index in [0.717, 1.165) is 31.5 Å². The molecule has 2 aromatic carbocycles. The van der Waals surface area contributed by atoms with Crippen molar-refractivity contribution in [2.45, 2.75) is 45.6 Å². The third kappa shape index (κ3) is 6.34. The predicted octanol–water partition coefficient (Wildman–Crippen LogP) is 4.13. The van der Waals surface area contributed by atoms with Crippen LogP contribution in [-0.2, 0) is 11.3 Å². The number of carbonyl (C=O) groups is 2. The third-order valence-corrected chi connectivity index (χ3v) is 5.38. The standard InChI is InChI=1S/C24H31N3O2/c1-19-11-13-20(14-12-19)17-26-24(29)21-9-5-6-10-22(21)25-18-23(28)27-15-7-3-2-4-8-16-27/h5-6,9-14,25H,2-4,7-8,15-18H2,1H3,(H,26,29). The van der Waals surface area contributed by atoms with Crippen molar-refractivity contribution < 1.29 is 9.59 Å². The molecule has 0 bridgehead atoms. The van der Waals surface area contributed by atoms with E-state index >= 15 is 0 Å². The van der Waals surface area contributed by atoms with Gasteiger partial charge in [-0.25, -0.2) is 0 Å². The number of benzene rings is 2. The molecule has 1 fully saturated rings. The zero-order valence-corrected chi connectivity index (χ0v) is 17.2. The fourth-order valence-corrected chi connectivity index (χ4v) is 3.60. The van der Waals surface area contributed by atoms with E-state index in [4.69, 9.17) is 0 Å². The van der Waals surface area contributed by atoms with Gasteiger partial charge in [-0.05, 0) is 37.5 Å². The molecule has 29 heavy (non-hydrogen) atoms. The third-order valence-electron chi connectivity index (χ3n) is 5.38. The summed E-state index contributed by atoms with van der Waals surface area (Å²) in [6.07, 6.45) is 5.81. The van der Waals surface area contributed by atoms with Crippen LogP contribution in [0.4, 0.5) is 5.69 Å². The van der Waals surface area contributed by atoms with Crippen molar-refractivity contribution in [3.63, 3.8) is 0 Å². The second kappa shape index (κ2) is 10.6. The molecule has 0 saturated carbocycles. The van der Waals surface area contributed by atoms with Crippen LogP contribution in [0.15, 0.2) is 48.5 Å². The summed E-state index contributed by atoms with van der Waals surface area (Å²) in [5.74, 6) is -0.0471. The van der Waals surface area contributed by atoms with Crippen molar-refractivity contribution in [2.24, 2.45) is 0 Å². The Kier molecular flexibility index (Phi) is 7.68. The van der Waals surface area contributed by atoms with Gasteiger partial charge in [-0.15, -0.1) is 0 Å². The van der Waals surface area contributed by atoms with Crippen molar-refractivity contribution in [1.29, 1.82) is 0 Å². The van der Waals surface area contributed by atoms with Crippen molar-refractivity contribution in [1.82, 2.24) is 10.2 Å². The maximum atomic E-state index is 12.7. The lowest BCUT2D eigenvalue weighted by molar-refractivity contribution is -0.129. The summed E-state index contributed by atoms with van der Waals surface area (Å²) in [7, 11) is 0. The SMILES string of the molecule is Cc1ccc(CNC(=O)c2ccccc2NCC(=O)N2CCCCCCC2)cc1. The average molecular weight is 394 g/mol. The van der Waals surface area contributed by atoms with E-state index in [1.165, 1.54) is 24.8 Å². The van der Waals surface area contributed by atoms with Crippen LogP contribution in [0, 0.1) is 6.92 Å². The molecule has 0 aromatic heterocycles. The van der Waals surface area contributed by atoms with Gasteiger partial charge in [0.05, 0.1) is 12.1 Å². The molecule has 1 aliphatic heterocycles. The Balaban J connectivity index is 1.56. The zero-order valence-electron chi connectivity index (χ0n) is 17.2. The molecule has 2 N–H and O–H groups in total. The van der Waals surface area contributed by atoms with Crippen LogP contribution in [0.2, 0.25) is 0 Å². The van der Waals surface area contributed by atoms with E-state index in [-0.39, 0.29) is 18.4 Å². The highest BCUT2D eigenvalue weighted by Gasteiger charge is 2.16. The van der Waals surface area contributed by atoms with Crippen molar-refractivity contribution in [3.05, 3.63) is 65.2 Å². The van der Waals surface area contributed by atoms with E-state index in [9.17, 15) is 9.59 Å². The molecule has 0 unspecified atom stereocenters. The number of nitrogens with one attached hydrogen (secondary N) is 2. The Hall–Kier alpha value is -2.82. The second-order valence-electron chi connectivity index (χ2n) is 7.72. The lowest BCUT2D eigenvalue weighted by Crippen LogP contribution is -2.38. The molecule has 0 atom stereocenters. The normalized spacial score (nSPS) is 14.6. The number of carbonyl (C=O) groups excluding carboxylic acids is 2. The van der Waals surface area contributed by atoms with Gasteiger partial charge in [0.25, 0.3) is 5.91 Å². The smallest absolute Gasteiger partial charge is 0.253 e. The molecule has 5 heteroatoms. The summed E-state index contributed by atoms with van der Waals surface area (Å²) >= 11 is 0. The molecule has 1 saturated heterocycles. The largest absolute Gasteiger partial charge is 0.376 e. The highest BCUT2D eigenvalue weighted by Crippen LogP contribution is 2.16. The maximum absolute atomic E-state index is 12.7. The average Bonchev–Trinajstić information content (AvgIpc) is 2.71. The van der Waals surface area contributed by atoms with Crippen LogP contribution in [-0.4, -0.2) is 36.3 Å². The minimum absolute atomic E-state index is 0.0989. The fraction of sp³-hybridized carbons (Fsp3) is 0.417. The van der Waals surface area contributed by atoms with Gasteiger partial charge >= 0.3 is 0 Å². The maximum Gasteiger partial charge on any atom is 0.253 e. The molecule has 2 amide bonds. The summed E-state index contributed by atoms with van der Waals surface area (Å²) in [5, 5.41) is 6.15. The minimum Gasteiger partial charge on any atom is -0.376 e. The summed E-state index contributed by atoms with van der Waals surface area (Å²) in [6.45, 7) is 4.39. The van der Waals surface area contributed by atoms with Crippen LogP contribution >= 0.6 is 0 Å². The molecule has 2 aromatic rings. The van der Waals surface area contributed by atoms with Crippen LogP contribution < -0.4 is 10.6 Å². The van der Waals surface area contributed by atoms with Crippen molar-refractivity contribution in [2.75, 3.05) is 25.0 Å². The number of hydrogen-bond donors (Lipinski definition) is 2. The molecule has 5 nitrogen and oxygen atoms in total. The second-order valence-corrected chi connectivity index (χ2v) is 7.72. The van der Waals surface area contributed by atoms with Gasteiger partial charge in [0.2, 0.25) is 5.91 Å². The Morgan fingerprint density at radius 2 is 1.55 bits per heavy atom. The van der Waals surface area contributed by atoms with Crippen molar-refractivity contribution in [3.8, 4) is 0 Å². The summed E-state index contributed by atoms with van der Waals surface area (Å²) in [4.78, 5) is 27.3. The molecule has 0 spiro atoms. The minimum atomic E-state index is -0.146. The highest BCUT2D eigenvalue weighted by atomic mass is 16.2. The van der Waals surface area contributed by atoms with E-state index in [1.54, 1.807) is 6.07 Å². The van der Waals surface area contributed by atoms with Gasteiger partial charge in [0, 0.05) is 25.3 Å². The first-order valence-corrected chi connectivity index (χ1v) is 10.6. The van der Waals surface area contributed by atoms with Gasteiger partial charge in [0.15, 0.2) is 0 Å². The first-order chi connectivity index (χ1) is 14.1. The summed E-state index contributed by atoms with van der Waals surface area (Å²) in [6, 6.07) is 15.4. The monoisotopic (exact) mass is 393 g/mol. The lowest BCUT2D eigenvalue weighted by Gasteiger charge is -2.25. The number of hydrogen-bond acceptors (Lipinski definition) is 3. The number of nitrogens with zero attached hydrogens (tertiary/aromatic N) is 1. The Morgan fingerprint density at radius 3 is 2.28 bits per heavy atom. The highest BCUT2D eigenvalue weighted by molar-refractivity contribution is 6.00. The number of para-hydroxylation sites is 1. The van der Waals surface area contributed by atoms with Gasteiger partial charge in [0.1, 0.15) is 0 Å². The number of rotatable bonds is 6. The topological polar surface area (TPSA) is 61.4 Å². The van der Waals surface area contributed by atoms with E-state index in [2.05, 4.69) is 10.6 Å². The van der Waals surface area contributed by atoms with Crippen LogP contribution in [0.25, 0.3) is 0 Å². The van der Waals surface area contributed by atoms with Crippen molar-refractivity contribution >= 4 is 17.5 Å². The molecular weight excluding hydrogens is 362 g/mol.